The molecule has 214 valence electrons. The van der Waals surface area contributed by atoms with E-state index in [2.05, 4.69) is 5.32 Å². The molecule has 1 heterocycles. The van der Waals surface area contributed by atoms with Crippen LogP contribution in [-0.2, 0) is 26.2 Å². The Morgan fingerprint density at radius 2 is 1.72 bits per heavy atom. The smallest absolute Gasteiger partial charge is 0.242 e. The number of hydrogen-bond donors (Lipinski definition) is 1. The van der Waals surface area contributed by atoms with E-state index in [1.807, 2.05) is 13.8 Å². The minimum absolute atomic E-state index is 0.0174. The lowest BCUT2D eigenvalue weighted by molar-refractivity contribution is -0.140. The van der Waals surface area contributed by atoms with Crippen LogP contribution >= 0.6 is 23.2 Å². The molecule has 1 N–H and O–H groups in total. The summed E-state index contributed by atoms with van der Waals surface area (Å²) in [5.41, 5.74) is 1.06. The van der Waals surface area contributed by atoms with Crippen LogP contribution in [0.15, 0.2) is 36.4 Å². The largest absolute Gasteiger partial charge is 0.486 e. The summed E-state index contributed by atoms with van der Waals surface area (Å²) < 4.78 is 37.6. The molecule has 1 atom stereocenters. The molecule has 0 aliphatic carbocycles. The third kappa shape index (κ3) is 8.65. The number of halogens is 2. The number of hydrogen-bond acceptors (Lipinski definition) is 6. The normalized spacial score (nSPS) is 13.6. The van der Waals surface area contributed by atoms with Crippen molar-refractivity contribution in [1.82, 2.24) is 10.2 Å². The third-order valence-corrected chi connectivity index (χ3v) is 7.95. The van der Waals surface area contributed by atoms with Crippen LogP contribution in [0, 0.1) is 5.92 Å². The van der Waals surface area contributed by atoms with Gasteiger partial charge in [-0.3, -0.25) is 13.9 Å². The molecule has 0 spiro atoms. The van der Waals surface area contributed by atoms with Crippen LogP contribution in [0.5, 0.6) is 11.5 Å². The van der Waals surface area contributed by atoms with Gasteiger partial charge in [0.15, 0.2) is 11.5 Å². The summed E-state index contributed by atoms with van der Waals surface area (Å²) >= 11 is 12.4. The molecule has 0 radical (unpaired) electrons. The lowest BCUT2D eigenvalue weighted by atomic mass is 10.1. The summed E-state index contributed by atoms with van der Waals surface area (Å²) in [6, 6.07) is 9.14. The van der Waals surface area contributed by atoms with Crippen molar-refractivity contribution in [2.75, 3.05) is 36.9 Å². The average molecular weight is 601 g/mol. The second-order valence-electron chi connectivity index (χ2n) is 9.84. The molecule has 39 heavy (non-hydrogen) atoms. The lowest BCUT2D eigenvalue weighted by Crippen LogP contribution is -2.48. The van der Waals surface area contributed by atoms with Gasteiger partial charge in [-0.15, -0.1) is 0 Å². The Kier molecular flexibility index (Phi) is 10.7. The van der Waals surface area contributed by atoms with E-state index in [0.29, 0.717) is 52.6 Å². The highest BCUT2D eigenvalue weighted by Gasteiger charge is 2.27. The van der Waals surface area contributed by atoms with Crippen LogP contribution in [-0.4, -0.2) is 63.7 Å². The zero-order valence-electron chi connectivity index (χ0n) is 22.6. The van der Waals surface area contributed by atoms with Crippen molar-refractivity contribution in [3.8, 4) is 11.5 Å². The van der Waals surface area contributed by atoms with Crippen molar-refractivity contribution in [2.24, 2.45) is 5.92 Å². The molecule has 3 rings (SSSR count). The van der Waals surface area contributed by atoms with Crippen LogP contribution in [0.2, 0.25) is 10.0 Å². The van der Waals surface area contributed by atoms with Crippen molar-refractivity contribution < 1.29 is 27.5 Å². The SMILES string of the molecule is CC(C)CNC(=O)[C@H](C)N(Cc1ccc(Cl)cc1Cl)C(=O)CCCN(c1ccc2c(c1)OCCO2)S(C)(=O)=O. The number of rotatable bonds is 12. The summed E-state index contributed by atoms with van der Waals surface area (Å²) in [5, 5.41) is 3.72. The van der Waals surface area contributed by atoms with Gasteiger partial charge in [-0.2, -0.15) is 0 Å². The maximum Gasteiger partial charge on any atom is 0.242 e. The minimum atomic E-state index is -3.65. The van der Waals surface area contributed by atoms with Crippen LogP contribution in [0.4, 0.5) is 5.69 Å². The molecule has 0 bridgehead atoms. The summed E-state index contributed by atoms with van der Waals surface area (Å²) in [7, 11) is -3.65. The number of nitrogens with zero attached hydrogens (tertiary/aromatic N) is 2. The van der Waals surface area contributed by atoms with Gasteiger partial charge in [0.1, 0.15) is 19.3 Å². The Morgan fingerprint density at radius 1 is 1.03 bits per heavy atom. The van der Waals surface area contributed by atoms with Gasteiger partial charge in [0, 0.05) is 42.2 Å². The number of benzene rings is 2. The molecule has 9 nitrogen and oxygen atoms in total. The van der Waals surface area contributed by atoms with Crippen molar-refractivity contribution >= 4 is 50.7 Å². The molecular formula is C27H35Cl2N3O6S. The first-order valence-electron chi connectivity index (χ1n) is 12.7. The average Bonchev–Trinajstić information content (AvgIpc) is 2.87. The van der Waals surface area contributed by atoms with Gasteiger partial charge in [-0.25, -0.2) is 8.42 Å². The number of fused-ring (bicyclic) bond motifs is 1. The topological polar surface area (TPSA) is 105 Å². The Bertz CT molecular complexity index is 1290. The molecule has 0 unspecified atom stereocenters. The Morgan fingerprint density at radius 3 is 2.36 bits per heavy atom. The van der Waals surface area contributed by atoms with E-state index >= 15 is 0 Å². The molecule has 2 aromatic carbocycles. The highest BCUT2D eigenvalue weighted by molar-refractivity contribution is 7.92. The maximum atomic E-state index is 13.4. The standard InChI is InChI=1S/C27H35Cl2N3O6S/c1-18(2)16-30-27(34)19(3)31(17-20-7-8-21(28)14-23(20)29)26(33)6-5-11-32(39(4,35)36)22-9-10-24-25(15-22)38-13-12-37-24/h7-10,14-15,18-19H,5-6,11-13,16-17H2,1-4H3,(H,30,34)/t19-/m0/s1. The quantitative estimate of drug-likeness (QED) is 0.385. The number of ether oxygens (including phenoxy) is 2. The number of sulfonamides is 1. The van der Waals surface area contributed by atoms with Gasteiger partial charge >= 0.3 is 0 Å². The van der Waals surface area contributed by atoms with Crippen molar-refractivity contribution in [2.45, 2.75) is 46.2 Å². The molecule has 0 saturated heterocycles. The number of nitrogens with one attached hydrogen (secondary N) is 1. The van der Waals surface area contributed by atoms with Crippen LogP contribution < -0.4 is 19.1 Å². The van der Waals surface area contributed by atoms with E-state index in [0.717, 1.165) is 6.26 Å². The summed E-state index contributed by atoms with van der Waals surface area (Å²) in [6.07, 6.45) is 1.36. The van der Waals surface area contributed by atoms with Crippen LogP contribution in [0.3, 0.4) is 0 Å². The van der Waals surface area contributed by atoms with Gasteiger partial charge < -0.3 is 19.7 Å². The fourth-order valence-corrected chi connectivity index (χ4v) is 5.49. The monoisotopic (exact) mass is 599 g/mol. The molecular weight excluding hydrogens is 565 g/mol. The minimum Gasteiger partial charge on any atom is -0.486 e. The predicted octanol–water partition coefficient (Wildman–Crippen LogP) is 4.50. The van der Waals surface area contributed by atoms with Gasteiger partial charge in [0.2, 0.25) is 21.8 Å². The first-order valence-corrected chi connectivity index (χ1v) is 15.4. The highest BCUT2D eigenvalue weighted by atomic mass is 35.5. The maximum absolute atomic E-state index is 13.4. The lowest BCUT2D eigenvalue weighted by Gasteiger charge is -2.30. The van der Waals surface area contributed by atoms with E-state index in [1.165, 1.54) is 9.21 Å². The zero-order valence-corrected chi connectivity index (χ0v) is 24.9. The first kappa shape index (κ1) is 30.8. The molecule has 0 aromatic heterocycles. The molecule has 1 aliphatic rings. The Balaban J connectivity index is 1.75. The van der Waals surface area contributed by atoms with Crippen molar-refractivity contribution in [3.05, 3.63) is 52.0 Å². The van der Waals surface area contributed by atoms with Crippen LogP contribution in [0.25, 0.3) is 0 Å². The van der Waals surface area contributed by atoms with Gasteiger partial charge in [-0.1, -0.05) is 43.1 Å². The molecule has 12 heteroatoms. The zero-order chi connectivity index (χ0) is 28.7. The second-order valence-corrected chi connectivity index (χ2v) is 12.6. The molecule has 2 amide bonds. The van der Waals surface area contributed by atoms with Crippen molar-refractivity contribution in [3.63, 3.8) is 0 Å². The van der Waals surface area contributed by atoms with E-state index < -0.39 is 16.1 Å². The number of carbonyl (C=O) groups excluding carboxylic acids is 2. The van der Waals surface area contributed by atoms with E-state index in [4.69, 9.17) is 32.7 Å². The Hall–Kier alpha value is -2.69. The second kappa shape index (κ2) is 13.6. The highest BCUT2D eigenvalue weighted by Crippen LogP contribution is 2.35. The van der Waals surface area contributed by atoms with Gasteiger partial charge in [0.05, 0.1) is 11.9 Å². The van der Waals surface area contributed by atoms with E-state index in [1.54, 1.807) is 43.3 Å². The van der Waals surface area contributed by atoms with Gasteiger partial charge in [-0.05, 0) is 49.1 Å². The predicted molar refractivity (Wildman–Crippen MR) is 153 cm³/mol. The molecule has 0 saturated carbocycles. The Labute approximate surface area is 240 Å². The van der Waals surface area contributed by atoms with Crippen LogP contribution in [0.1, 0.15) is 39.2 Å². The fourth-order valence-electron chi connectivity index (χ4n) is 4.06. The van der Waals surface area contributed by atoms with Crippen molar-refractivity contribution in [1.29, 1.82) is 0 Å². The summed E-state index contributed by atoms with van der Waals surface area (Å²) in [4.78, 5) is 27.8. The third-order valence-electron chi connectivity index (χ3n) is 6.17. The fraction of sp³-hybridized carbons (Fsp3) is 0.481. The first-order chi connectivity index (χ1) is 18.4. The molecule has 2 aromatic rings. The summed E-state index contributed by atoms with van der Waals surface area (Å²) in [5.74, 6) is 0.684. The molecule has 0 fully saturated rings. The number of anilines is 1. The number of carbonyl (C=O) groups is 2. The van der Waals surface area contributed by atoms with E-state index in [9.17, 15) is 18.0 Å². The van der Waals surface area contributed by atoms with E-state index in [-0.39, 0.29) is 43.7 Å². The molecule has 1 aliphatic heterocycles. The summed E-state index contributed by atoms with van der Waals surface area (Å²) in [6.45, 7) is 7.07. The number of amides is 2. The van der Waals surface area contributed by atoms with Gasteiger partial charge in [0.25, 0.3) is 0 Å².